The number of aryl methyl sites for hydroxylation is 1. The topological polar surface area (TPSA) is 56.2 Å². The van der Waals surface area contributed by atoms with Crippen molar-refractivity contribution in [3.63, 3.8) is 0 Å². The number of benzene rings is 2. The number of fused-ring (bicyclic) bond motifs is 1. The van der Waals surface area contributed by atoms with E-state index in [0.717, 1.165) is 28.1 Å². The second-order valence-corrected chi connectivity index (χ2v) is 7.19. The molecular formula is C21H20ClN3O2. The Morgan fingerprint density at radius 2 is 2.00 bits per heavy atom. The minimum absolute atomic E-state index is 0.107. The molecule has 0 saturated heterocycles. The number of rotatable bonds is 3. The van der Waals surface area contributed by atoms with E-state index in [1.54, 1.807) is 6.07 Å². The minimum atomic E-state index is -0.214. The van der Waals surface area contributed by atoms with Crippen molar-refractivity contribution in [2.24, 2.45) is 0 Å². The summed E-state index contributed by atoms with van der Waals surface area (Å²) in [5.74, 6) is -0.214. The highest BCUT2D eigenvalue weighted by atomic mass is 35.5. The van der Waals surface area contributed by atoms with Crippen molar-refractivity contribution in [3.05, 3.63) is 81.6 Å². The van der Waals surface area contributed by atoms with Crippen molar-refractivity contribution in [1.82, 2.24) is 9.78 Å². The predicted octanol–water partition coefficient (Wildman–Crippen LogP) is 4.68. The van der Waals surface area contributed by atoms with Gasteiger partial charge in [-0.15, -0.1) is 0 Å². The van der Waals surface area contributed by atoms with Crippen LogP contribution in [0.5, 0.6) is 0 Å². The Hall–Kier alpha value is -2.63. The van der Waals surface area contributed by atoms with Crippen LogP contribution in [0.1, 0.15) is 39.0 Å². The van der Waals surface area contributed by atoms with Crippen LogP contribution in [-0.2, 0) is 17.9 Å². The number of halogens is 1. The third-order valence-corrected chi connectivity index (χ3v) is 5.21. The largest absolute Gasteiger partial charge is 0.365 e. The molecular weight excluding hydrogens is 362 g/mol. The first-order valence-electron chi connectivity index (χ1n) is 8.82. The quantitative estimate of drug-likeness (QED) is 0.716. The first kappa shape index (κ1) is 17.8. The van der Waals surface area contributed by atoms with E-state index in [1.807, 2.05) is 61.0 Å². The van der Waals surface area contributed by atoms with Gasteiger partial charge < -0.3 is 10.1 Å². The van der Waals surface area contributed by atoms with Crippen molar-refractivity contribution in [2.75, 3.05) is 5.32 Å². The zero-order valence-electron chi connectivity index (χ0n) is 15.2. The molecule has 2 heterocycles. The zero-order chi connectivity index (χ0) is 19.0. The van der Waals surface area contributed by atoms with E-state index in [2.05, 4.69) is 10.4 Å². The predicted molar refractivity (Wildman–Crippen MR) is 105 cm³/mol. The molecule has 1 N–H and O–H groups in total. The molecule has 5 nitrogen and oxygen atoms in total. The van der Waals surface area contributed by atoms with Crippen LogP contribution in [0.25, 0.3) is 0 Å². The van der Waals surface area contributed by atoms with Gasteiger partial charge in [0, 0.05) is 10.7 Å². The maximum absolute atomic E-state index is 12.6. The maximum Gasteiger partial charge on any atom is 0.276 e. The lowest BCUT2D eigenvalue weighted by Crippen LogP contribution is -2.22. The fourth-order valence-corrected chi connectivity index (χ4v) is 3.31. The number of hydrogen-bond acceptors (Lipinski definition) is 3. The van der Waals surface area contributed by atoms with E-state index in [0.29, 0.717) is 23.9 Å². The molecule has 4 rings (SSSR count). The van der Waals surface area contributed by atoms with Crippen LogP contribution in [-0.4, -0.2) is 15.7 Å². The zero-order valence-corrected chi connectivity index (χ0v) is 16.0. The second-order valence-electron chi connectivity index (χ2n) is 6.76. The van der Waals surface area contributed by atoms with Crippen molar-refractivity contribution in [2.45, 2.75) is 33.1 Å². The van der Waals surface area contributed by atoms with Gasteiger partial charge in [0.1, 0.15) is 6.10 Å². The minimum Gasteiger partial charge on any atom is -0.365 e. The molecule has 1 aliphatic heterocycles. The van der Waals surface area contributed by atoms with Crippen LogP contribution in [0.15, 0.2) is 48.5 Å². The molecule has 6 heteroatoms. The number of carbonyl (C=O) groups excluding carboxylic acids is 1. The highest BCUT2D eigenvalue weighted by Gasteiger charge is 2.24. The van der Waals surface area contributed by atoms with Gasteiger partial charge >= 0.3 is 0 Å². The summed E-state index contributed by atoms with van der Waals surface area (Å²) in [5.41, 5.74) is 5.33. The smallest absolute Gasteiger partial charge is 0.276 e. The van der Waals surface area contributed by atoms with E-state index < -0.39 is 0 Å². The van der Waals surface area contributed by atoms with E-state index in [4.69, 9.17) is 16.3 Å². The van der Waals surface area contributed by atoms with Gasteiger partial charge in [0.25, 0.3) is 5.91 Å². The number of nitrogens with one attached hydrogen (secondary N) is 1. The maximum atomic E-state index is 12.6. The molecule has 1 amide bonds. The summed E-state index contributed by atoms with van der Waals surface area (Å²) in [4.78, 5) is 12.6. The highest BCUT2D eigenvalue weighted by molar-refractivity contribution is 6.30. The average Bonchev–Trinajstić information content (AvgIpc) is 3.09. The Morgan fingerprint density at radius 3 is 2.78 bits per heavy atom. The SMILES string of the molecule is Cc1cccc(NC(=O)c2cc3n(n2)C[C@@H](c2ccc(Cl)cc2)OC3)c1C. The number of hydrogen-bond donors (Lipinski definition) is 1. The molecule has 2 aromatic carbocycles. The van der Waals surface area contributed by atoms with Gasteiger partial charge in [0.05, 0.1) is 18.8 Å². The summed E-state index contributed by atoms with van der Waals surface area (Å²) < 4.78 is 7.79. The molecule has 0 aliphatic carbocycles. The van der Waals surface area contributed by atoms with E-state index in [1.165, 1.54) is 0 Å². The van der Waals surface area contributed by atoms with Crippen LogP contribution in [0.3, 0.4) is 0 Å². The Labute approximate surface area is 162 Å². The molecule has 0 spiro atoms. The number of carbonyl (C=O) groups is 1. The molecule has 1 aliphatic rings. The molecule has 0 bridgehead atoms. The average molecular weight is 382 g/mol. The molecule has 1 aromatic heterocycles. The second kappa shape index (κ2) is 7.18. The summed E-state index contributed by atoms with van der Waals surface area (Å²) in [6, 6.07) is 15.2. The molecule has 0 unspecified atom stereocenters. The number of amides is 1. The normalized spacial score (nSPS) is 16.0. The van der Waals surface area contributed by atoms with Crippen LogP contribution in [0.2, 0.25) is 5.02 Å². The van der Waals surface area contributed by atoms with Crippen molar-refractivity contribution in [1.29, 1.82) is 0 Å². The fourth-order valence-electron chi connectivity index (χ4n) is 3.19. The number of nitrogens with zero attached hydrogens (tertiary/aromatic N) is 2. The summed E-state index contributed by atoms with van der Waals surface area (Å²) in [6.45, 7) is 4.99. The highest BCUT2D eigenvalue weighted by Crippen LogP contribution is 2.28. The lowest BCUT2D eigenvalue weighted by Gasteiger charge is -2.24. The fraction of sp³-hybridized carbons (Fsp3) is 0.238. The number of aromatic nitrogens is 2. The monoisotopic (exact) mass is 381 g/mol. The standard InChI is InChI=1S/C21H20ClN3O2/c1-13-4-3-5-18(14(13)2)23-21(26)19-10-17-12-27-20(11-25(17)24-19)15-6-8-16(22)9-7-15/h3-10,20H,11-12H2,1-2H3,(H,23,26)/t20-/m0/s1. The summed E-state index contributed by atoms with van der Waals surface area (Å²) in [6.07, 6.45) is -0.107. The molecule has 27 heavy (non-hydrogen) atoms. The van der Waals surface area contributed by atoms with E-state index >= 15 is 0 Å². The van der Waals surface area contributed by atoms with Crippen molar-refractivity contribution >= 4 is 23.2 Å². The Kier molecular flexibility index (Phi) is 4.72. The van der Waals surface area contributed by atoms with Gasteiger partial charge in [-0.2, -0.15) is 5.10 Å². The number of ether oxygens (including phenoxy) is 1. The summed E-state index contributed by atoms with van der Waals surface area (Å²) >= 11 is 5.95. The molecule has 138 valence electrons. The molecule has 0 fully saturated rings. The lowest BCUT2D eigenvalue weighted by molar-refractivity contribution is -0.00118. The summed E-state index contributed by atoms with van der Waals surface area (Å²) in [7, 11) is 0. The molecule has 3 aromatic rings. The molecule has 0 saturated carbocycles. The Morgan fingerprint density at radius 1 is 1.22 bits per heavy atom. The number of anilines is 1. The van der Waals surface area contributed by atoms with Gasteiger partial charge in [-0.25, -0.2) is 0 Å². The summed E-state index contributed by atoms with van der Waals surface area (Å²) in [5, 5.41) is 8.14. The third kappa shape index (κ3) is 3.61. The van der Waals surface area contributed by atoms with Crippen LogP contribution < -0.4 is 5.32 Å². The first-order chi connectivity index (χ1) is 13.0. The van der Waals surface area contributed by atoms with Crippen molar-refractivity contribution < 1.29 is 9.53 Å². The van der Waals surface area contributed by atoms with Gasteiger partial charge in [0.2, 0.25) is 0 Å². The third-order valence-electron chi connectivity index (χ3n) is 4.96. The van der Waals surface area contributed by atoms with Gasteiger partial charge in [0.15, 0.2) is 5.69 Å². The van der Waals surface area contributed by atoms with Crippen molar-refractivity contribution in [3.8, 4) is 0 Å². The first-order valence-corrected chi connectivity index (χ1v) is 9.20. The lowest BCUT2D eigenvalue weighted by atomic mass is 10.1. The van der Waals surface area contributed by atoms with Crippen LogP contribution in [0, 0.1) is 13.8 Å². The van der Waals surface area contributed by atoms with E-state index in [9.17, 15) is 4.79 Å². The van der Waals surface area contributed by atoms with Crippen LogP contribution >= 0.6 is 11.6 Å². The molecule has 0 radical (unpaired) electrons. The van der Waals surface area contributed by atoms with Gasteiger partial charge in [-0.3, -0.25) is 9.48 Å². The van der Waals surface area contributed by atoms with Crippen LogP contribution in [0.4, 0.5) is 5.69 Å². The van der Waals surface area contributed by atoms with Gasteiger partial charge in [-0.1, -0.05) is 35.9 Å². The van der Waals surface area contributed by atoms with E-state index in [-0.39, 0.29) is 12.0 Å². The van der Waals surface area contributed by atoms with Gasteiger partial charge in [-0.05, 0) is 54.8 Å². The molecule has 1 atom stereocenters. The Balaban J connectivity index is 1.52. The Bertz CT molecular complexity index is 995.